The number of hydrogen-bond donors (Lipinski definition) is 1. The lowest BCUT2D eigenvalue weighted by Gasteiger charge is -2.32. The molecule has 2 aromatic rings. The van der Waals surface area contributed by atoms with Crippen molar-refractivity contribution in [1.29, 1.82) is 0 Å². The standard InChI is InChI=1S/C15H21N5OS/c1-12-10-22-11-14(12)7-16-15(21)19-5-2-3-13(8-19)9-20-6-4-17-18-20/h4,6,10-11,13H,2-3,5,7-9H2,1H3,(H,16,21)/t13-/m0/s1. The molecule has 3 rings (SSSR count). The Labute approximate surface area is 134 Å². The quantitative estimate of drug-likeness (QED) is 0.940. The first-order chi connectivity index (χ1) is 10.7. The van der Waals surface area contributed by atoms with Gasteiger partial charge in [0.1, 0.15) is 0 Å². The summed E-state index contributed by atoms with van der Waals surface area (Å²) in [4.78, 5) is 14.3. The van der Waals surface area contributed by atoms with E-state index in [-0.39, 0.29) is 6.03 Å². The average Bonchev–Trinajstić information content (AvgIpc) is 3.17. The van der Waals surface area contributed by atoms with Crippen LogP contribution in [0, 0.1) is 12.8 Å². The van der Waals surface area contributed by atoms with E-state index in [1.165, 1.54) is 11.1 Å². The topological polar surface area (TPSA) is 63.1 Å². The third kappa shape index (κ3) is 3.65. The summed E-state index contributed by atoms with van der Waals surface area (Å²) in [5, 5.41) is 15.1. The van der Waals surface area contributed by atoms with Gasteiger partial charge < -0.3 is 10.2 Å². The highest BCUT2D eigenvalue weighted by molar-refractivity contribution is 7.08. The number of nitrogens with zero attached hydrogens (tertiary/aromatic N) is 4. The van der Waals surface area contributed by atoms with Crippen molar-refractivity contribution in [2.45, 2.75) is 32.9 Å². The molecule has 0 radical (unpaired) electrons. The van der Waals surface area contributed by atoms with E-state index < -0.39 is 0 Å². The number of carbonyl (C=O) groups excluding carboxylic acids is 1. The number of nitrogens with one attached hydrogen (secondary N) is 1. The monoisotopic (exact) mass is 319 g/mol. The van der Waals surface area contributed by atoms with Crippen LogP contribution in [-0.2, 0) is 13.1 Å². The normalized spacial score (nSPS) is 18.4. The van der Waals surface area contributed by atoms with Crippen molar-refractivity contribution in [3.8, 4) is 0 Å². The lowest BCUT2D eigenvalue weighted by atomic mass is 9.98. The molecule has 0 bridgehead atoms. The molecule has 1 saturated heterocycles. The van der Waals surface area contributed by atoms with E-state index >= 15 is 0 Å². The molecule has 0 aromatic carbocycles. The highest BCUT2D eigenvalue weighted by atomic mass is 32.1. The highest BCUT2D eigenvalue weighted by Crippen LogP contribution is 2.18. The summed E-state index contributed by atoms with van der Waals surface area (Å²) >= 11 is 1.68. The molecule has 1 atom stereocenters. The fraction of sp³-hybridized carbons (Fsp3) is 0.533. The van der Waals surface area contributed by atoms with Gasteiger partial charge in [0, 0.05) is 32.4 Å². The zero-order chi connectivity index (χ0) is 15.4. The number of carbonyl (C=O) groups is 1. The fourth-order valence-electron chi connectivity index (χ4n) is 2.84. The average molecular weight is 319 g/mol. The van der Waals surface area contributed by atoms with Crippen LogP contribution in [0.3, 0.4) is 0 Å². The Bertz CT molecular complexity index is 609. The van der Waals surface area contributed by atoms with E-state index in [0.717, 1.165) is 32.5 Å². The summed E-state index contributed by atoms with van der Waals surface area (Å²) in [7, 11) is 0. The number of rotatable bonds is 4. The SMILES string of the molecule is Cc1cscc1CNC(=O)N1CCC[C@H](Cn2ccnn2)C1. The number of hydrogen-bond acceptors (Lipinski definition) is 4. The molecule has 0 spiro atoms. The largest absolute Gasteiger partial charge is 0.334 e. The van der Waals surface area contributed by atoms with Crippen LogP contribution in [0.25, 0.3) is 0 Å². The van der Waals surface area contributed by atoms with Crippen LogP contribution >= 0.6 is 11.3 Å². The summed E-state index contributed by atoms with van der Waals surface area (Å²) in [5.74, 6) is 0.448. The number of likely N-dealkylation sites (tertiary alicyclic amines) is 1. The van der Waals surface area contributed by atoms with Gasteiger partial charge in [0.25, 0.3) is 0 Å². The van der Waals surface area contributed by atoms with Crippen LogP contribution in [0.5, 0.6) is 0 Å². The van der Waals surface area contributed by atoms with Gasteiger partial charge in [-0.1, -0.05) is 5.21 Å². The summed E-state index contributed by atoms with van der Waals surface area (Å²) < 4.78 is 1.85. The maximum absolute atomic E-state index is 12.3. The summed E-state index contributed by atoms with van der Waals surface area (Å²) in [5.41, 5.74) is 2.45. The van der Waals surface area contributed by atoms with Crippen molar-refractivity contribution < 1.29 is 4.79 Å². The molecular formula is C15H21N5OS. The molecule has 3 heterocycles. The van der Waals surface area contributed by atoms with Crippen LogP contribution in [0.15, 0.2) is 23.2 Å². The van der Waals surface area contributed by atoms with Gasteiger partial charge in [0.15, 0.2) is 0 Å². The van der Waals surface area contributed by atoms with E-state index in [1.807, 2.05) is 15.8 Å². The number of amides is 2. The molecule has 118 valence electrons. The lowest BCUT2D eigenvalue weighted by molar-refractivity contribution is 0.157. The van der Waals surface area contributed by atoms with Crippen molar-refractivity contribution >= 4 is 17.4 Å². The van der Waals surface area contributed by atoms with Gasteiger partial charge in [-0.15, -0.1) is 5.10 Å². The Kier molecular flexibility index (Phi) is 4.72. The summed E-state index contributed by atoms with van der Waals surface area (Å²) in [6.07, 6.45) is 5.74. The van der Waals surface area contributed by atoms with Crippen LogP contribution in [-0.4, -0.2) is 39.0 Å². The van der Waals surface area contributed by atoms with E-state index in [4.69, 9.17) is 0 Å². The van der Waals surface area contributed by atoms with Gasteiger partial charge in [-0.3, -0.25) is 4.68 Å². The van der Waals surface area contributed by atoms with Gasteiger partial charge in [-0.2, -0.15) is 11.3 Å². The smallest absolute Gasteiger partial charge is 0.317 e. The first-order valence-corrected chi connectivity index (χ1v) is 8.55. The number of aromatic nitrogens is 3. The zero-order valence-corrected chi connectivity index (χ0v) is 13.6. The molecule has 1 fully saturated rings. The Morgan fingerprint density at radius 1 is 1.50 bits per heavy atom. The third-order valence-electron chi connectivity index (χ3n) is 4.12. The molecule has 7 heteroatoms. The fourth-order valence-corrected chi connectivity index (χ4v) is 3.70. The van der Waals surface area contributed by atoms with E-state index in [9.17, 15) is 4.79 Å². The first kappa shape index (κ1) is 15.0. The van der Waals surface area contributed by atoms with Gasteiger partial charge in [-0.25, -0.2) is 4.79 Å². The number of piperidine rings is 1. The molecular weight excluding hydrogens is 298 g/mol. The summed E-state index contributed by atoms with van der Waals surface area (Å²) in [6, 6.07) is 0.0360. The minimum absolute atomic E-state index is 0.0360. The second kappa shape index (κ2) is 6.91. The molecule has 22 heavy (non-hydrogen) atoms. The van der Waals surface area contributed by atoms with Crippen molar-refractivity contribution in [2.24, 2.45) is 5.92 Å². The number of thiophene rings is 1. The van der Waals surface area contributed by atoms with Crippen LogP contribution in [0.4, 0.5) is 4.79 Å². The molecule has 1 aliphatic heterocycles. The maximum Gasteiger partial charge on any atom is 0.317 e. The molecule has 2 aromatic heterocycles. The minimum Gasteiger partial charge on any atom is -0.334 e. The maximum atomic E-state index is 12.3. The molecule has 1 aliphatic rings. The number of aryl methyl sites for hydroxylation is 1. The zero-order valence-electron chi connectivity index (χ0n) is 12.7. The molecule has 2 amide bonds. The van der Waals surface area contributed by atoms with E-state index in [0.29, 0.717) is 12.5 Å². The first-order valence-electron chi connectivity index (χ1n) is 7.61. The van der Waals surface area contributed by atoms with Gasteiger partial charge in [-0.05, 0) is 47.6 Å². The molecule has 1 N–H and O–H groups in total. The molecule has 0 aliphatic carbocycles. The summed E-state index contributed by atoms with van der Waals surface area (Å²) in [6.45, 7) is 5.13. The predicted octanol–water partition coefficient (Wildman–Crippen LogP) is 2.27. The van der Waals surface area contributed by atoms with Gasteiger partial charge >= 0.3 is 6.03 Å². The van der Waals surface area contributed by atoms with Crippen LogP contribution in [0.1, 0.15) is 24.0 Å². The molecule has 0 unspecified atom stereocenters. The Morgan fingerprint density at radius 3 is 3.14 bits per heavy atom. The molecule has 6 nitrogen and oxygen atoms in total. The van der Waals surface area contributed by atoms with E-state index in [1.54, 1.807) is 17.5 Å². The highest BCUT2D eigenvalue weighted by Gasteiger charge is 2.24. The van der Waals surface area contributed by atoms with Crippen molar-refractivity contribution in [2.75, 3.05) is 13.1 Å². The Morgan fingerprint density at radius 2 is 2.41 bits per heavy atom. The second-order valence-corrected chi connectivity index (χ2v) is 6.56. The van der Waals surface area contributed by atoms with Crippen LogP contribution < -0.4 is 5.32 Å². The van der Waals surface area contributed by atoms with Crippen molar-refractivity contribution in [1.82, 2.24) is 25.2 Å². The second-order valence-electron chi connectivity index (χ2n) is 5.82. The third-order valence-corrected chi connectivity index (χ3v) is 5.03. The minimum atomic E-state index is 0.0360. The Hall–Kier alpha value is -1.89. The van der Waals surface area contributed by atoms with Gasteiger partial charge in [0.2, 0.25) is 0 Å². The predicted molar refractivity (Wildman–Crippen MR) is 85.6 cm³/mol. The molecule has 0 saturated carbocycles. The lowest BCUT2D eigenvalue weighted by Crippen LogP contribution is -2.46. The van der Waals surface area contributed by atoms with Crippen molar-refractivity contribution in [3.05, 3.63) is 34.3 Å². The number of urea groups is 1. The van der Waals surface area contributed by atoms with E-state index in [2.05, 4.69) is 33.3 Å². The van der Waals surface area contributed by atoms with Gasteiger partial charge in [0.05, 0.1) is 6.20 Å². The van der Waals surface area contributed by atoms with Crippen molar-refractivity contribution in [3.63, 3.8) is 0 Å². The Balaban J connectivity index is 1.50. The van der Waals surface area contributed by atoms with Crippen LogP contribution in [0.2, 0.25) is 0 Å².